The normalized spacial score (nSPS) is 18.8. The monoisotopic (exact) mass is 360 g/mol. The summed E-state index contributed by atoms with van der Waals surface area (Å²) < 4.78 is 0. The Kier molecular flexibility index (Phi) is 6.25. The molecule has 0 bridgehead atoms. The first-order valence-corrected chi connectivity index (χ1v) is 10.6. The van der Waals surface area contributed by atoms with Gasteiger partial charge in [-0.1, -0.05) is 101 Å². The summed E-state index contributed by atoms with van der Waals surface area (Å²) >= 11 is 0. The van der Waals surface area contributed by atoms with Gasteiger partial charge in [-0.15, -0.1) is 0 Å². The van der Waals surface area contributed by atoms with Gasteiger partial charge in [0.1, 0.15) is 0 Å². The van der Waals surface area contributed by atoms with Crippen molar-refractivity contribution in [1.82, 2.24) is 0 Å². The van der Waals surface area contributed by atoms with Gasteiger partial charge in [-0.2, -0.15) is 0 Å². The fraction of sp³-hybridized carbons (Fsp3) is 0.481. The van der Waals surface area contributed by atoms with Crippen molar-refractivity contribution in [2.75, 3.05) is 0 Å². The van der Waals surface area contributed by atoms with E-state index in [4.69, 9.17) is 0 Å². The Morgan fingerprint density at radius 3 is 2.33 bits per heavy atom. The summed E-state index contributed by atoms with van der Waals surface area (Å²) in [6.07, 6.45) is 14.6. The van der Waals surface area contributed by atoms with Crippen LogP contribution in [0.1, 0.15) is 98.9 Å². The van der Waals surface area contributed by atoms with E-state index in [1.807, 2.05) is 0 Å². The van der Waals surface area contributed by atoms with Crippen LogP contribution in [0.3, 0.4) is 0 Å². The van der Waals surface area contributed by atoms with Crippen LogP contribution in [-0.4, -0.2) is 0 Å². The van der Waals surface area contributed by atoms with Gasteiger partial charge < -0.3 is 0 Å². The molecule has 144 valence electrons. The number of allylic oxidation sites excluding steroid dienone is 2. The average molecular weight is 361 g/mol. The van der Waals surface area contributed by atoms with E-state index in [-0.39, 0.29) is 7.43 Å². The molecule has 0 spiro atoms. The molecule has 0 heteroatoms. The molecule has 2 aliphatic rings. The number of benzene rings is 2. The summed E-state index contributed by atoms with van der Waals surface area (Å²) in [7, 11) is 0. The second-order valence-electron chi connectivity index (χ2n) is 8.37. The molecule has 0 fully saturated rings. The van der Waals surface area contributed by atoms with E-state index < -0.39 is 0 Å². The molecule has 0 amide bonds. The maximum Gasteiger partial charge on any atom is 0.0285 e. The van der Waals surface area contributed by atoms with Crippen LogP contribution in [0.5, 0.6) is 0 Å². The lowest BCUT2D eigenvalue weighted by atomic mass is 9.77. The molecule has 2 aromatic carbocycles. The molecule has 2 atom stereocenters. The molecular weight excluding hydrogens is 324 g/mol. The van der Waals surface area contributed by atoms with Gasteiger partial charge in [0, 0.05) is 11.8 Å². The Morgan fingerprint density at radius 1 is 0.778 bits per heavy atom. The highest BCUT2D eigenvalue weighted by atomic mass is 14.4. The molecule has 0 nitrogen and oxygen atoms in total. The lowest BCUT2D eigenvalue weighted by Crippen LogP contribution is -2.10. The Balaban J connectivity index is 0.00000210. The van der Waals surface area contributed by atoms with Crippen molar-refractivity contribution in [3.8, 4) is 11.1 Å². The number of unbranched alkanes of at least 4 members (excludes halogenated alkanes) is 5. The second-order valence-corrected chi connectivity index (χ2v) is 8.37. The van der Waals surface area contributed by atoms with Crippen LogP contribution < -0.4 is 0 Å². The fourth-order valence-corrected chi connectivity index (χ4v) is 5.07. The van der Waals surface area contributed by atoms with Crippen LogP contribution in [0.15, 0.2) is 42.5 Å². The van der Waals surface area contributed by atoms with Crippen LogP contribution in [0.4, 0.5) is 0 Å². The molecule has 0 radical (unpaired) electrons. The highest BCUT2D eigenvalue weighted by Gasteiger charge is 2.34. The maximum atomic E-state index is 2.52. The summed E-state index contributed by atoms with van der Waals surface area (Å²) in [5.74, 6) is 1.10. The van der Waals surface area contributed by atoms with Crippen LogP contribution in [0, 0.1) is 13.8 Å². The molecule has 0 aliphatic heterocycles. The third-order valence-corrected chi connectivity index (χ3v) is 6.42. The van der Waals surface area contributed by atoms with Crippen molar-refractivity contribution in [1.29, 1.82) is 0 Å². The Hall–Kier alpha value is -1.82. The third-order valence-electron chi connectivity index (χ3n) is 6.42. The maximum absolute atomic E-state index is 2.52. The molecule has 0 heterocycles. The summed E-state index contributed by atoms with van der Waals surface area (Å²) in [4.78, 5) is 0. The molecule has 0 N–H and O–H groups in total. The molecule has 27 heavy (non-hydrogen) atoms. The van der Waals surface area contributed by atoms with Crippen LogP contribution in [-0.2, 0) is 0 Å². The average Bonchev–Trinajstić information content (AvgIpc) is 2.95. The topological polar surface area (TPSA) is 0 Å². The summed E-state index contributed by atoms with van der Waals surface area (Å²) in [6.45, 7) is 6.82. The fourth-order valence-electron chi connectivity index (χ4n) is 5.07. The van der Waals surface area contributed by atoms with Gasteiger partial charge in [0.25, 0.3) is 0 Å². The molecule has 2 aliphatic carbocycles. The van der Waals surface area contributed by atoms with E-state index in [2.05, 4.69) is 63.3 Å². The first-order chi connectivity index (χ1) is 12.7. The molecule has 0 aromatic heterocycles. The number of rotatable bonds is 7. The van der Waals surface area contributed by atoms with Crippen molar-refractivity contribution < 1.29 is 0 Å². The Labute approximate surface area is 166 Å². The smallest absolute Gasteiger partial charge is 0.0285 e. The molecule has 4 rings (SSSR count). The second kappa shape index (κ2) is 8.46. The summed E-state index contributed by atoms with van der Waals surface area (Å²) in [6, 6.07) is 11.7. The summed E-state index contributed by atoms with van der Waals surface area (Å²) in [5, 5.41) is 0. The standard InChI is InChI=1S/C26H32.CH4/c1-4-5-6-7-8-9-10-20-13-16-23-24-17-18(2)11-14-21(24)22-15-12-19(3)25(20)26(22)23;/h11-17,20,23H,4-10H2,1-3H3;1H4. The number of hydrogen-bond donors (Lipinski definition) is 0. The van der Waals surface area contributed by atoms with Gasteiger partial charge in [-0.3, -0.25) is 0 Å². The van der Waals surface area contributed by atoms with Crippen molar-refractivity contribution in [3.05, 3.63) is 70.3 Å². The minimum absolute atomic E-state index is 0. The van der Waals surface area contributed by atoms with E-state index in [1.54, 1.807) is 11.1 Å². The predicted molar refractivity (Wildman–Crippen MR) is 120 cm³/mol. The van der Waals surface area contributed by atoms with E-state index in [1.165, 1.54) is 72.8 Å². The molecule has 0 saturated carbocycles. The van der Waals surface area contributed by atoms with Crippen LogP contribution >= 0.6 is 0 Å². The Bertz CT molecular complexity index is 824. The van der Waals surface area contributed by atoms with Crippen molar-refractivity contribution in [3.63, 3.8) is 0 Å². The van der Waals surface area contributed by atoms with Crippen molar-refractivity contribution in [2.45, 2.75) is 85.0 Å². The molecule has 2 aromatic rings. The quantitative estimate of drug-likeness (QED) is 0.343. The van der Waals surface area contributed by atoms with Gasteiger partial charge in [0.15, 0.2) is 0 Å². The third kappa shape index (κ3) is 3.64. The van der Waals surface area contributed by atoms with Crippen molar-refractivity contribution >= 4 is 0 Å². The minimum atomic E-state index is 0. The first kappa shape index (κ1) is 19.9. The highest BCUT2D eigenvalue weighted by Crippen LogP contribution is 2.52. The predicted octanol–water partition coefficient (Wildman–Crippen LogP) is 8.46. The summed E-state index contributed by atoms with van der Waals surface area (Å²) in [5.41, 5.74) is 10.6. The minimum Gasteiger partial charge on any atom is -0.0800 e. The van der Waals surface area contributed by atoms with Gasteiger partial charge in [-0.05, 0) is 53.6 Å². The highest BCUT2D eigenvalue weighted by molar-refractivity contribution is 5.83. The van der Waals surface area contributed by atoms with Crippen molar-refractivity contribution in [2.24, 2.45) is 0 Å². The number of aryl methyl sites for hydroxylation is 2. The largest absolute Gasteiger partial charge is 0.0800 e. The first-order valence-electron chi connectivity index (χ1n) is 10.6. The lowest BCUT2D eigenvalue weighted by Gasteiger charge is -2.27. The number of hydrogen-bond acceptors (Lipinski definition) is 0. The zero-order chi connectivity index (χ0) is 18.1. The van der Waals surface area contributed by atoms with Gasteiger partial charge in [0.2, 0.25) is 0 Å². The lowest BCUT2D eigenvalue weighted by molar-refractivity contribution is 0.568. The molecule has 2 unspecified atom stereocenters. The zero-order valence-corrected chi connectivity index (χ0v) is 16.6. The van der Waals surface area contributed by atoms with E-state index in [0.29, 0.717) is 11.8 Å². The van der Waals surface area contributed by atoms with E-state index in [0.717, 1.165) is 0 Å². The Morgan fingerprint density at radius 2 is 1.52 bits per heavy atom. The van der Waals surface area contributed by atoms with Gasteiger partial charge in [-0.25, -0.2) is 0 Å². The van der Waals surface area contributed by atoms with E-state index >= 15 is 0 Å². The molecule has 0 saturated heterocycles. The van der Waals surface area contributed by atoms with E-state index in [9.17, 15) is 0 Å². The number of fused-ring (bicyclic) bond motifs is 3. The SMILES string of the molecule is C.CCCCCCCCC1C=CC2c3cc(C)ccc3-c3ccc(C)c1c32. The van der Waals surface area contributed by atoms with Gasteiger partial charge >= 0.3 is 0 Å². The molecular formula is C27H36. The van der Waals surface area contributed by atoms with Crippen LogP contribution in [0.25, 0.3) is 11.1 Å². The van der Waals surface area contributed by atoms with Gasteiger partial charge in [0.05, 0.1) is 0 Å². The van der Waals surface area contributed by atoms with Crippen LogP contribution in [0.2, 0.25) is 0 Å². The zero-order valence-electron chi connectivity index (χ0n) is 16.6.